The van der Waals surface area contributed by atoms with Crippen LogP contribution in [-0.2, 0) is 0 Å². The second-order valence-electron chi connectivity index (χ2n) is 6.45. The Kier molecular flexibility index (Phi) is 4.83. The summed E-state index contributed by atoms with van der Waals surface area (Å²) in [5, 5.41) is 2.80. The van der Waals surface area contributed by atoms with Gasteiger partial charge >= 0.3 is 0 Å². The molecule has 29 heavy (non-hydrogen) atoms. The van der Waals surface area contributed by atoms with Gasteiger partial charge in [-0.2, -0.15) is 0 Å². The van der Waals surface area contributed by atoms with Crippen molar-refractivity contribution in [3.05, 3.63) is 89.5 Å². The smallest absolute Gasteiger partial charge is 0.266 e. The van der Waals surface area contributed by atoms with Gasteiger partial charge in [-0.3, -0.25) is 14.4 Å². The molecule has 1 N–H and O–H groups in total. The van der Waals surface area contributed by atoms with Gasteiger partial charge in [0.2, 0.25) is 0 Å². The van der Waals surface area contributed by atoms with E-state index in [9.17, 15) is 14.4 Å². The molecular weight excluding hydrogens is 368 g/mol. The van der Waals surface area contributed by atoms with Gasteiger partial charge in [0, 0.05) is 11.3 Å². The average Bonchev–Trinajstić information content (AvgIpc) is 3.00. The molecule has 0 saturated carbocycles. The van der Waals surface area contributed by atoms with Gasteiger partial charge in [-0.15, -0.1) is 0 Å². The third-order valence-corrected chi connectivity index (χ3v) is 4.60. The normalized spacial score (nSPS) is 12.7. The van der Waals surface area contributed by atoms with Gasteiger partial charge in [0.25, 0.3) is 17.7 Å². The number of anilines is 2. The van der Waals surface area contributed by atoms with Crippen molar-refractivity contribution in [3.63, 3.8) is 0 Å². The lowest BCUT2D eigenvalue weighted by atomic mass is 10.1. The van der Waals surface area contributed by atoms with Crippen LogP contribution in [0.25, 0.3) is 0 Å². The minimum absolute atomic E-state index is 0.262. The molecule has 0 unspecified atom stereocenters. The molecule has 4 rings (SSSR count). The van der Waals surface area contributed by atoms with Crippen LogP contribution >= 0.6 is 0 Å². The molecule has 1 aliphatic heterocycles. The van der Waals surface area contributed by atoms with Crippen LogP contribution in [-0.4, -0.2) is 24.3 Å². The van der Waals surface area contributed by atoms with E-state index in [0.717, 1.165) is 4.90 Å². The van der Waals surface area contributed by atoms with Gasteiger partial charge in [-0.05, 0) is 67.6 Å². The third-order valence-electron chi connectivity index (χ3n) is 4.60. The van der Waals surface area contributed by atoms with Crippen molar-refractivity contribution in [2.45, 2.75) is 6.92 Å². The van der Waals surface area contributed by atoms with Gasteiger partial charge in [-0.1, -0.05) is 12.1 Å². The highest BCUT2D eigenvalue weighted by atomic mass is 16.5. The molecule has 0 radical (unpaired) electrons. The van der Waals surface area contributed by atoms with E-state index in [0.29, 0.717) is 40.4 Å². The Balaban J connectivity index is 1.48. The Morgan fingerprint density at radius 2 is 1.45 bits per heavy atom. The fraction of sp³-hybridized carbons (Fsp3) is 0.0870. The summed E-state index contributed by atoms with van der Waals surface area (Å²) in [4.78, 5) is 38.7. The Labute approximate surface area is 167 Å². The van der Waals surface area contributed by atoms with E-state index in [1.807, 2.05) is 6.92 Å². The first-order chi connectivity index (χ1) is 14.1. The molecule has 0 aliphatic carbocycles. The molecule has 3 amide bonds. The van der Waals surface area contributed by atoms with Crippen molar-refractivity contribution in [2.75, 3.05) is 16.8 Å². The van der Waals surface area contributed by atoms with Gasteiger partial charge in [-0.25, -0.2) is 4.90 Å². The number of carbonyl (C=O) groups excluding carboxylic acids is 3. The van der Waals surface area contributed by atoms with E-state index in [2.05, 4.69) is 5.32 Å². The van der Waals surface area contributed by atoms with Crippen molar-refractivity contribution in [2.24, 2.45) is 0 Å². The molecule has 6 heteroatoms. The number of ether oxygens (including phenoxy) is 1. The molecule has 144 valence electrons. The van der Waals surface area contributed by atoms with Crippen LogP contribution in [0.15, 0.2) is 72.8 Å². The summed E-state index contributed by atoms with van der Waals surface area (Å²) in [5.74, 6) is -0.260. The maximum Gasteiger partial charge on any atom is 0.266 e. The number of carbonyl (C=O) groups is 3. The highest BCUT2D eigenvalue weighted by Gasteiger charge is 2.36. The summed E-state index contributed by atoms with van der Waals surface area (Å²) in [6, 6.07) is 20.2. The lowest BCUT2D eigenvalue weighted by Crippen LogP contribution is -2.29. The molecule has 6 nitrogen and oxygen atoms in total. The van der Waals surface area contributed by atoms with Crippen molar-refractivity contribution in [1.29, 1.82) is 0 Å². The van der Waals surface area contributed by atoms with Crippen LogP contribution in [0.3, 0.4) is 0 Å². The molecule has 0 aromatic heterocycles. The van der Waals surface area contributed by atoms with Crippen molar-refractivity contribution in [3.8, 4) is 5.75 Å². The second kappa shape index (κ2) is 7.59. The Bertz CT molecular complexity index is 1050. The summed E-state index contributed by atoms with van der Waals surface area (Å²) >= 11 is 0. The van der Waals surface area contributed by atoms with Crippen LogP contribution in [0, 0.1) is 0 Å². The summed E-state index contributed by atoms with van der Waals surface area (Å²) in [6.07, 6.45) is 0. The highest BCUT2D eigenvalue weighted by Crippen LogP contribution is 2.29. The number of amides is 3. The number of fused-ring (bicyclic) bond motifs is 1. The average molecular weight is 386 g/mol. The predicted molar refractivity (Wildman–Crippen MR) is 110 cm³/mol. The van der Waals surface area contributed by atoms with E-state index >= 15 is 0 Å². The molecule has 0 atom stereocenters. The lowest BCUT2D eigenvalue weighted by Gasteiger charge is -2.14. The van der Waals surface area contributed by atoms with Gasteiger partial charge in [0.05, 0.1) is 23.4 Å². The largest absolute Gasteiger partial charge is 0.494 e. The first-order valence-electron chi connectivity index (χ1n) is 9.20. The molecule has 1 aliphatic rings. The van der Waals surface area contributed by atoms with Gasteiger partial charge in [0.1, 0.15) is 5.75 Å². The summed E-state index contributed by atoms with van der Waals surface area (Å²) in [6.45, 7) is 2.46. The standard InChI is InChI=1S/C23H18N2O4/c1-2-29-18-13-7-15(8-14-18)21(26)24-16-9-11-17(12-10-16)25-22(27)19-5-3-4-6-20(19)23(25)28/h3-14H,2H2,1H3,(H,24,26). The SMILES string of the molecule is CCOc1ccc(C(=O)Nc2ccc(N3C(=O)c4ccccc4C3=O)cc2)cc1. The summed E-state index contributed by atoms with van der Waals surface area (Å²) in [5.41, 5.74) is 2.30. The Morgan fingerprint density at radius 3 is 2.00 bits per heavy atom. The van der Waals surface area contributed by atoms with Crippen molar-refractivity contribution in [1.82, 2.24) is 0 Å². The van der Waals surface area contributed by atoms with E-state index < -0.39 is 0 Å². The second-order valence-corrected chi connectivity index (χ2v) is 6.45. The minimum atomic E-state index is -0.350. The molecule has 0 saturated heterocycles. The number of hydrogen-bond donors (Lipinski definition) is 1. The van der Waals surface area contributed by atoms with E-state index in [-0.39, 0.29) is 17.7 Å². The Hall–Kier alpha value is -3.93. The number of imide groups is 1. The Morgan fingerprint density at radius 1 is 0.862 bits per heavy atom. The molecule has 3 aromatic carbocycles. The number of nitrogens with one attached hydrogen (secondary N) is 1. The van der Waals surface area contributed by atoms with Crippen LogP contribution < -0.4 is 15.0 Å². The number of rotatable bonds is 5. The number of nitrogens with zero attached hydrogens (tertiary/aromatic N) is 1. The topological polar surface area (TPSA) is 75.7 Å². The predicted octanol–water partition coefficient (Wildman–Crippen LogP) is 4.14. The molecule has 0 bridgehead atoms. The fourth-order valence-electron chi connectivity index (χ4n) is 3.19. The maximum atomic E-state index is 12.6. The summed E-state index contributed by atoms with van der Waals surface area (Å²) in [7, 11) is 0. The fourth-order valence-corrected chi connectivity index (χ4v) is 3.19. The van der Waals surface area contributed by atoms with Gasteiger partial charge in [0.15, 0.2) is 0 Å². The summed E-state index contributed by atoms with van der Waals surface area (Å²) < 4.78 is 5.37. The zero-order chi connectivity index (χ0) is 20.4. The van der Waals surface area contributed by atoms with Crippen LogP contribution in [0.2, 0.25) is 0 Å². The zero-order valence-corrected chi connectivity index (χ0v) is 15.7. The number of hydrogen-bond acceptors (Lipinski definition) is 4. The van der Waals surface area contributed by atoms with Crippen molar-refractivity contribution < 1.29 is 19.1 Å². The third kappa shape index (κ3) is 3.48. The zero-order valence-electron chi connectivity index (χ0n) is 15.7. The first-order valence-corrected chi connectivity index (χ1v) is 9.20. The van der Waals surface area contributed by atoms with Crippen LogP contribution in [0.1, 0.15) is 38.0 Å². The molecule has 0 fully saturated rings. The van der Waals surface area contributed by atoms with Crippen molar-refractivity contribution >= 4 is 29.1 Å². The van der Waals surface area contributed by atoms with Crippen LogP contribution in [0.5, 0.6) is 5.75 Å². The van der Waals surface area contributed by atoms with E-state index in [1.165, 1.54) is 0 Å². The minimum Gasteiger partial charge on any atom is -0.494 e. The molecular formula is C23H18N2O4. The van der Waals surface area contributed by atoms with E-state index in [1.54, 1.807) is 72.8 Å². The lowest BCUT2D eigenvalue weighted by molar-refractivity contribution is 0.0924. The molecule has 3 aromatic rings. The molecule has 0 spiro atoms. The first kappa shape index (κ1) is 18.4. The maximum absolute atomic E-state index is 12.6. The number of benzene rings is 3. The van der Waals surface area contributed by atoms with E-state index in [4.69, 9.17) is 4.74 Å². The van der Waals surface area contributed by atoms with Crippen LogP contribution in [0.4, 0.5) is 11.4 Å². The monoisotopic (exact) mass is 386 g/mol. The van der Waals surface area contributed by atoms with Gasteiger partial charge < -0.3 is 10.1 Å². The molecule has 1 heterocycles. The highest BCUT2D eigenvalue weighted by molar-refractivity contribution is 6.34. The quantitative estimate of drug-likeness (QED) is 0.669.